The van der Waals surface area contributed by atoms with E-state index in [4.69, 9.17) is 0 Å². The zero-order chi connectivity index (χ0) is 25.1. The molecule has 3 heterocycles. The summed E-state index contributed by atoms with van der Waals surface area (Å²) in [4.78, 5) is 21.9. The number of imidazole rings is 1. The molecular formula is C28H28N6O2. The number of rotatable bonds is 4. The molecule has 182 valence electrons. The Bertz CT molecular complexity index is 1470. The van der Waals surface area contributed by atoms with Crippen molar-refractivity contribution in [2.75, 3.05) is 38.5 Å². The van der Waals surface area contributed by atoms with Gasteiger partial charge in [-0.25, -0.2) is 9.50 Å². The summed E-state index contributed by atoms with van der Waals surface area (Å²) in [7, 11) is 2.12. The Labute approximate surface area is 210 Å². The quantitative estimate of drug-likeness (QED) is 0.437. The van der Waals surface area contributed by atoms with Gasteiger partial charge in [-0.05, 0) is 55.8 Å². The van der Waals surface area contributed by atoms with Crippen molar-refractivity contribution in [1.82, 2.24) is 24.4 Å². The van der Waals surface area contributed by atoms with E-state index < -0.39 is 0 Å². The molecule has 0 atom stereocenters. The molecule has 0 saturated carbocycles. The van der Waals surface area contributed by atoms with Crippen molar-refractivity contribution in [2.24, 2.45) is 0 Å². The smallest absolute Gasteiger partial charge is 0.255 e. The Balaban J connectivity index is 1.29. The van der Waals surface area contributed by atoms with Gasteiger partial charge in [-0.2, -0.15) is 5.10 Å². The largest absolute Gasteiger partial charge is 0.508 e. The topological polar surface area (TPSA) is 86.0 Å². The van der Waals surface area contributed by atoms with Crippen LogP contribution in [0.1, 0.15) is 32.7 Å². The number of carbonyl (C=O) groups is 1. The minimum absolute atomic E-state index is 0.184. The number of aromatic hydroxyl groups is 1. The molecule has 4 aromatic rings. The van der Waals surface area contributed by atoms with Crippen LogP contribution in [0.15, 0.2) is 60.9 Å². The normalized spacial score (nSPS) is 14.4. The first kappa shape index (κ1) is 23.5. The molecule has 36 heavy (non-hydrogen) atoms. The third-order valence-corrected chi connectivity index (χ3v) is 6.44. The second-order valence-corrected chi connectivity index (χ2v) is 9.09. The lowest BCUT2D eigenvalue weighted by Gasteiger charge is -2.32. The second-order valence-electron chi connectivity index (χ2n) is 9.09. The summed E-state index contributed by atoms with van der Waals surface area (Å²) >= 11 is 0. The van der Waals surface area contributed by atoms with E-state index in [-0.39, 0.29) is 11.7 Å². The summed E-state index contributed by atoms with van der Waals surface area (Å²) in [6.07, 6.45) is 3.37. The van der Waals surface area contributed by atoms with Gasteiger partial charge in [0.15, 0.2) is 5.65 Å². The van der Waals surface area contributed by atoms with Gasteiger partial charge < -0.3 is 15.3 Å². The van der Waals surface area contributed by atoms with E-state index >= 15 is 0 Å². The Morgan fingerprint density at radius 2 is 1.92 bits per heavy atom. The van der Waals surface area contributed by atoms with Crippen molar-refractivity contribution in [3.8, 4) is 17.6 Å². The summed E-state index contributed by atoms with van der Waals surface area (Å²) in [5.41, 5.74) is 5.00. The fourth-order valence-corrected chi connectivity index (χ4v) is 4.17. The average Bonchev–Trinajstić information content (AvgIpc) is 3.29. The van der Waals surface area contributed by atoms with Crippen LogP contribution in [0.4, 0.5) is 5.69 Å². The molecular weight excluding hydrogens is 452 g/mol. The van der Waals surface area contributed by atoms with Crippen LogP contribution in [-0.4, -0.2) is 68.6 Å². The fraction of sp³-hybridized carbons (Fsp3) is 0.250. The Hall–Kier alpha value is -4.19. The first-order chi connectivity index (χ1) is 17.5. The van der Waals surface area contributed by atoms with Crippen LogP contribution in [0.3, 0.4) is 0 Å². The van der Waals surface area contributed by atoms with Crippen LogP contribution < -0.4 is 5.32 Å². The lowest BCUT2D eigenvalue weighted by molar-refractivity contribution is 0.102. The number of fused-ring (bicyclic) bond motifs is 1. The number of phenols is 1. The molecule has 1 amide bonds. The minimum Gasteiger partial charge on any atom is -0.508 e. The zero-order valence-corrected chi connectivity index (χ0v) is 20.4. The maximum absolute atomic E-state index is 13.0. The number of nitrogens with zero attached hydrogens (tertiary/aromatic N) is 5. The number of hydrogen-bond donors (Lipinski definition) is 2. The van der Waals surface area contributed by atoms with Gasteiger partial charge in [0, 0.05) is 67.4 Å². The van der Waals surface area contributed by atoms with Crippen molar-refractivity contribution in [2.45, 2.75) is 13.5 Å². The Kier molecular flexibility index (Phi) is 6.67. The van der Waals surface area contributed by atoms with Gasteiger partial charge in [0.25, 0.3) is 5.91 Å². The van der Waals surface area contributed by atoms with Gasteiger partial charge >= 0.3 is 0 Å². The van der Waals surface area contributed by atoms with E-state index in [1.54, 1.807) is 35.1 Å². The van der Waals surface area contributed by atoms with Crippen molar-refractivity contribution in [1.29, 1.82) is 0 Å². The molecule has 1 aliphatic heterocycles. The third-order valence-electron chi connectivity index (χ3n) is 6.44. The maximum Gasteiger partial charge on any atom is 0.255 e. The van der Waals surface area contributed by atoms with E-state index in [2.05, 4.69) is 44.1 Å². The van der Waals surface area contributed by atoms with Gasteiger partial charge in [-0.15, -0.1) is 0 Å². The molecule has 1 saturated heterocycles. The molecule has 5 rings (SSSR count). The van der Waals surface area contributed by atoms with Crippen molar-refractivity contribution in [3.63, 3.8) is 0 Å². The monoisotopic (exact) mass is 480 g/mol. The molecule has 2 aromatic carbocycles. The average molecular weight is 481 g/mol. The molecule has 1 fully saturated rings. The van der Waals surface area contributed by atoms with Crippen LogP contribution in [0.25, 0.3) is 5.65 Å². The number of nitrogens with one attached hydrogen (secondary N) is 1. The van der Waals surface area contributed by atoms with Gasteiger partial charge in [-0.3, -0.25) is 9.69 Å². The Morgan fingerprint density at radius 3 is 2.72 bits per heavy atom. The van der Waals surface area contributed by atoms with Gasteiger partial charge in [0.1, 0.15) is 11.4 Å². The van der Waals surface area contributed by atoms with Crippen LogP contribution >= 0.6 is 0 Å². The number of amides is 1. The number of hydrogen-bond acceptors (Lipinski definition) is 6. The van der Waals surface area contributed by atoms with E-state index in [1.807, 2.05) is 37.3 Å². The number of likely N-dealkylation sites (N-methyl/N-ethyl adjacent to an activating group) is 1. The number of carbonyl (C=O) groups excluding carboxylic acids is 1. The lowest BCUT2D eigenvalue weighted by Crippen LogP contribution is -2.43. The predicted octanol–water partition coefficient (Wildman–Crippen LogP) is 3.14. The summed E-state index contributed by atoms with van der Waals surface area (Å²) < 4.78 is 1.68. The van der Waals surface area contributed by atoms with Crippen molar-refractivity contribution < 1.29 is 9.90 Å². The van der Waals surface area contributed by atoms with Crippen LogP contribution in [0.5, 0.6) is 5.75 Å². The number of piperazine rings is 1. The lowest BCUT2D eigenvalue weighted by atomic mass is 10.0. The molecule has 8 heteroatoms. The molecule has 0 bridgehead atoms. The summed E-state index contributed by atoms with van der Waals surface area (Å²) in [6, 6.07) is 14.4. The Morgan fingerprint density at radius 1 is 1.08 bits per heavy atom. The summed E-state index contributed by atoms with van der Waals surface area (Å²) in [5, 5.41) is 17.7. The highest BCUT2D eigenvalue weighted by Crippen LogP contribution is 2.24. The number of phenolic OH excluding ortho intramolecular Hbond substituents is 1. The van der Waals surface area contributed by atoms with Gasteiger partial charge in [0.2, 0.25) is 0 Å². The first-order valence-corrected chi connectivity index (χ1v) is 11.9. The molecule has 0 aliphatic carbocycles. The third kappa shape index (κ3) is 5.23. The van der Waals surface area contributed by atoms with Crippen molar-refractivity contribution >= 4 is 17.2 Å². The molecule has 0 spiro atoms. The highest BCUT2D eigenvalue weighted by molar-refractivity contribution is 6.04. The second kappa shape index (κ2) is 10.2. The summed E-state index contributed by atoms with van der Waals surface area (Å²) in [5.74, 6) is 6.17. The maximum atomic E-state index is 13.0. The molecule has 1 aliphatic rings. The highest BCUT2D eigenvalue weighted by Gasteiger charge is 2.16. The molecule has 8 nitrogen and oxygen atoms in total. The zero-order valence-electron chi connectivity index (χ0n) is 20.4. The number of benzene rings is 2. The standard InChI is InChI=1S/C28H28N6O2/c1-20-5-6-22(16-21(20)8-10-25-18-29-27-4-3-11-30-34(25)27)28(36)31-24-9-7-23(26(35)17-24)19-33-14-12-32(2)13-15-33/h3-7,9,11,16-18,35H,12-15,19H2,1-2H3,(H,31,36). The molecule has 0 radical (unpaired) electrons. The fourth-order valence-electron chi connectivity index (χ4n) is 4.17. The minimum atomic E-state index is -0.263. The highest BCUT2D eigenvalue weighted by atomic mass is 16.3. The molecule has 2 aromatic heterocycles. The first-order valence-electron chi connectivity index (χ1n) is 11.9. The van der Waals surface area contributed by atoms with Crippen LogP contribution in [-0.2, 0) is 6.54 Å². The van der Waals surface area contributed by atoms with Gasteiger partial charge in [0.05, 0.1) is 6.20 Å². The van der Waals surface area contributed by atoms with Gasteiger partial charge in [-0.1, -0.05) is 18.1 Å². The van der Waals surface area contributed by atoms with Crippen molar-refractivity contribution in [3.05, 3.63) is 88.9 Å². The molecule has 0 unspecified atom stereocenters. The van der Waals surface area contributed by atoms with E-state index in [0.29, 0.717) is 23.5 Å². The van der Waals surface area contributed by atoms with Crippen LogP contribution in [0, 0.1) is 18.8 Å². The number of anilines is 1. The SMILES string of the molecule is Cc1ccc(C(=O)Nc2ccc(CN3CCN(C)CC3)c(O)c2)cc1C#Cc1cnc2cccnn12. The summed E-state index contributed by atoms with van der Waals surface area (Å²) in [6.45, 7) is 6.63. The molecule has 2 N–H and O–H groups in total. The predicted molar refractivity (Wildman–Crippen MR) is 139 cm³/mol. The number of aromatic nitrogens is 3. The number of aryl methyl sites for hydroxylation is 1. The van der Waals surface area contributed by atoms with E-state index in [0.717, 1.165) is 48.5 Å². The van der Waals surface area contributed by atoms with E-state index in [9.17, 15) is 9.90 Å². The van der Waals surface area contributed by atoms with E-state index in [1.165, 1.54) is 0 Å². The van der Waals surface area contributed by atoms with Crippen LogP contribution in [0.2, 0.25) is 0 Å².